The van der Waals surface area contributed by atoms with Crippen LogP contribution in [0.2, 0.25) is 0 Å². The average molecular weight is 354 g/mol. The van der Waals surface area contributed by atoms with Gasteiger partial charge < -0.3 is 4.90 Å². The van der Waals surface area contributed by atoms with Gasteiger partial charge in [0.1, 0.15) is 11.2 Å². The molecule has 1 aliphatic carbocycles. The Labute approximate surface area is 151 Å². The van der Waals surface area contributed by atoms with Crippen molar-refractivity contribution in [2.24, 2.45) is 0 Å². The van der Waals surface area contributed by atoms with Crippen LogP contribution in [0.25, 0.3) is 20.7 Å². The number of nitrogens with zero attached hydrogens (tertiary/aromatic N) is 6. The van der Waals surface area contributed by atoms with E-state index in [9.17, 15) is 0 Å². The Balaban J connectivity index is 1.39. The van der Waals surface area contributed by atoms with Gasteiger partial charge >= 0.3 is 0 Å². The van der Waals surface area contributed by atoms with Gasteiger partial charge in [0.15, 0.2) is 0 Å². The van der Waals surface area contributed by atoms with Gasteiger partial charge in [0, 0.05) is 60.4 Å². The minimum Gasteiger partial charge on any atom is -0.304 e. The van der Waals surface area contributed by atoms with Crippen LogP contribution < -0.4 is 0 Å². The first-order valence-electron chi connectivity index (χ1n) is 8.97. The van der Waals surface area contributed by atoms with Gasteiger partial charge in [-0.1, -0.05) is 0 Å². The van der Waals surface area contributed by atoms with Crippen LogP contribution in [-0.4, -0.2) is 69.3 Å². The van der Waals surface area contributed by atoms with Crippen LogP contribution in [-0.2, 0) is 19.4 Å². The molecule has 0 radical (unpaired) electrons. The predicted octanol–water partition coefficient (Wildman–Crippen LogP) is 1.90. The molecular formula is C18H22N6S. The summed E-state index contributed by atoms with van der Waals surface area (Å²) < 4.78 is 2.23. The van der Waals surface area contributed by atoms with E-state index in [1.807, 2.05) is 6.20 Å². The van der Waals surface area contributed by atoms with E-state index in [1.165, 1.54) is 53.3 Å². The zero-order valence-electron chi connectivity index (χ0n) is 14.5. The quantitative estimate of drug-likeness (QED) is 0.719. The summed E-state index contributed by atoms with van der Waals surface area (Å²) >= 11 is 1.78. The number of aryl methyl sites for hydroxylation is 1. The van der Waals surface area contributed by atoms with Crippen molar-refractivity contribution in [3.8, 4) is 10.4 Å². The minimum absolute atomic E-state index is 0.985. The molecule has 0 atom stereocenters. The highest BCUT2D eigenvalue weighted by molar-refractivity contribution is 7.22. The number of piperazine rings is 1. The number of hydrogen-bond donors (Lipinski definition) is 0. The first kappa shape index (κ1) is 15.4. The fourth-order valence-electron chi connectivity index (χ4n) is 3.96. The number of fused-ring (bicyclic) bond motifs is 5. The van der Waals surface area contributed by atoms with E-state index in [2.05, 4.69) is 37.7 Å². The second-order valence-corrected chi connectivity index (χ2v) is 8.02. The van der Waals surface area contributed by atoms with E-state index in [4.69, 9.17) is 5.10 Å². The smallest absolute Gasteiger partial charge is 0.127 e. The van der Waals surface area contributed by atoms with Crippen molar-refractivity contribution in [3.05, 3.63) is 30.0 Å². The molecule has 7 heteroatoms. The molecule has 3 aromatic heterocycles. The third kappa shape index (κ3) is 2.67. The van der Waals surface area contributed by atoms with Crippen LogP contribution >= 0.6 is 11.3 Å². The summed E-state index contributed by atoms with van der Waals surface area (Å²) in [5.74, 6) is 0. The number of rotatable bonds is 3. The van der Waals surface area contributed by atoms with Crippen molar-refractivity contribution in [1.29, 1.82) is 0 Å². The first-order chi connectivity index (χ1) is 12.3. The largest absolute Gasteiger partial charge is 0.304 e. The number of aromatic nitrogens is 4. The average Bonchev–Trinajstić information content (AvgIpc) is 3.22. The SMILES string of the molecule is CN1CCN(CCn2ncc3c2CCc2c-3sc3ncncc23)CC1. The summed E-state index contributed by atoms with van der Waals surface area (Å²) in [6.45, 7) is 6.75. The summed E-state index contributed by atoms with van der Waals surface area (Å²) in [4.78, 5) is 16.0. The maximum Gasteiger partial charge on any atom is 0.127 e. The molecule has 0 N–H and O–H groups in total. The lowest BCUT2D eigenvalue weighted by Crippen LogP contribution is -2.45. The summed E-state index contributed by atoms with van der Waals surface area (Å²) in [5, 5.41) is 5.94. The zero-order valence-corrected chi connectivity index (χ0v) is 15.3. The summed E-state index contributed by atoms with van der Waals surface area (Å²) in [7, 11) is 2.20. The van der Waals surface area contributed by atoms with Crippen LogP contribution in [0.5, 0.6) is 0 Å². The Morgan fingerprint density at radius 3 is 2.84 bits per heavy atom. The lowest BCUT2D eigenvalue weighted by Gasteiger charge is -2.32. The van der Waals surface area contributed by atoms with Crippen molar-refractivity contribution in [1.82, 2.24) is 29.5 Å². The van der Waals surface area contributed by atoms with Crippen molar-refractivity contribution in [3.63, 3.8) is 0 Å². The Morgan fingerprint density at radius 1 is 1.08 bits per heavy atom. The van der Waals surface area contributed by atoms with E-state index in [0.717, 1.165) is 30.8 Å². The van der Waals surface area contributed by atoms with Crippen LogP contribution in [0.3, 0.4) is 0 Å². The topological polar surface area (TPSA) is 50.1 Å². The molecule has 1 fully saturated rings. The molecule has 0 aromatic carbocycles. The molecule has 0 amide bonds. The van der Waals surface area contributed by atoms with Gasteiger partial charge in [0.2, 0.25) is 0 Å². The van der Waals surface area contributed by atoms with Gasteiger partial charge in [-0.25, -0.2) is 9.97 Å². The molecule has 0 spiro atoms. The summed E-state index contributed by atoms with van der Waals surface area (Å²) in [6.07, 6.45) is 7.78. The third-order valence-corrected chi connectivity index (χ3v) is 6.69. The summed E-state index contributed by atoms with van der Waals surface area (Å²) in [6, 6.07) is 0. The van der Waals surface area contributed by atoms with Gasteiger partial charge in [-0.3, -0.25) is 9.58 Å². The molecule has 1 saturated heterocycles. The highest BCUT2D eigenvalue weighted by Crippen LogP contribution is 2.42. The Morgan fingerprint density at radius 2 is 1.96 bits per heavy atom. The van der Waals surface area contributed by atoms with Gasteiger partial charge in [-0.15, -0.1) is 11.3 Å². The zero-order chi connectivity index (χ0) is 16.8. The molecule has 0 bridgehead atoms. The summed E-state index contributed by atoms with van der Waals surface area (Å²) in [5.41, 5.74) is 4.11. The molecule has 2 aliphatic rings. The van der Waals surface area contributed by atoms with E-state index in [0.29, 0.717) is 0 Å². The van der Waals surface area contributed by atoms with Gasteiger partial charge in [0.05, 0.1) is 12.7 Å². The monoisotopic (exact) mass is 354 g/mol. The normalized spacial score (nSPS) is 18.4. The number of hydrogen-bond acceptors (Lipinski definition) is 6. The number of thiophene rings is 1. The van der Waals surface area contributed by atoms with Gasteiger partial charge in [-0.2, -0.15) is 5.10 Å². The fourth-order valence-corrected chi connectivity index (χ4v) is 5.16. The Hall–Kier alpha value is -1.83. The first-order valence-corrected chi connectivity index (χ1v) is 9.78. The Kier molecular flexibility index (Phi) is 3.80. The number of likely N-dealkylation sites (N-methyl/N-ethyl adjacent to an activating group) is 1. The molecule has 0 saturated carbocycles. The van der Waals surface area contributed by atoms with E-state index >= 15 is 0 Å². The highest BCUT2D eigenvalue weighted by atomic mass is 32.1. The maximum absolute atomic E-state index is 4.72. The highest BCUT2D eigenvalue weighted by Gasteiger charge is 2.25. The standard InChI is InChI=1S/C18H22N6S/c1-22-4-6-23(7-5-22)8-9-24-16-3-2-13-14-10-19-12-20-18(14)25-17(13)15(16)11-21-24/h10-12H,2-9H2,1H3. The molecule has 4 heterocycles. The van der Waals surface area contributed by atoms with E-state index in [-0.39, 0.29) is 0 Å². The van der Waals surface area contributed by atoms with E-state index in [1.54, 1.807) is 17.7 Å². The van der Waals surface area contributed by atoms with Crippen molar-refractivity contribution in [2.75, 3.05) is 39.8 Å². The lowest BCUT2D eigenvalue weighted by atomic mass is 9.95. The third-order valence-electron chi connectivity index (χ3n) is 5.50. The fraction of sp³-hybridized carbons (Fsp3) is 0.500. The second-order valence-electron chi connectivity index (χ2n) is 7.02. The molecule has 25 heavy (non-hydrogen) atoms. The maximum atomic E-state index is 4.72. The van der Waals surface area contributed by atoms with Gasteiger partial charge in [-0.05, 0) is 25.5 Å². The van der Waals surface area contributed by atoms with Crippen LogP contribution in [0, 0.1) is 0 Å². The molecule has 3 aromatic rings. The van der Waals surface area contributed by atoms with Crippen molar-refractivity contribution >= 4 is 21.6 Å². The molecule has 130 valence electrons. The Bertz CT molecular complexity index is 906. The second kappa shape index (κ2) is 6.16. The van der Waals surface area contributed by atoms with E-state index < -0.39 is 0 Å². The lowest BCUT2D eigenvalue weighted by molar-refractivity contribution is 0.148. The minimum atomic E-state index is 0.985. The molecule has 6 nitrogen and oxygen atoms in total. The van der Waals surface area contributed by atoms with Crippen LogP contribution in [0.15, 0.2) is 18.7 Å². The van der Waals surface area contributed by atoms with Crippen LogP contribution in [0.4, 0.5) is 0 Å². The van der Waals surface area contributed by atoms with Crippen molar-refractivity contribution < 1.29 is 0 Å². The molecular weight excluding hydrogens is 332 g/mol. The predicted molar refractivity (Wildman–Crippen MR) is 100.0 cm³/mol. The molecule has 0 unspecified atom stereocenters. The van der Waals surface area contributed by atoms with Gasteiger partial charge in [0.25, 0.3) is 0 Å². The van der Waals surface area contributed by atoms with Crippen LogP contribution in [0.1, 0.15) is 11.3 Å². The molecule has 5 rings (SSSR count). The van der Waals surface area contributed by atoms with Crippen molar-refractivity contribution in [2.45, 2.75) is 19.4 Å². The molecule has 1 aliphatic heterocycles.